The van der Waals surface area contributed by atoms with Crippen LogP contribution < -0.4 is 5.73 Å². The number of allylic oxidation sites excluding steroid dienone is 2. The van der Waals surface area contributed by atoms with E-state index in [0.29, 0.717) is 61.3 Å². The summed E-state index contributed by atoms with van der Waals surface area (Å²) in [6.07, 6.45) is 15.1. The van der Waals surface area contributed by atoms with Crippen LogP contribution in [0.5, 0.6) is 0 Å². The van der Waals surface area contributed by atoms with Gasteiger partial charge in [-0.3, -0.25) is 9.69 Å². The van der Waals surface area contributed by atoms with Gasteiger partial charge < -0.3 is 25.2 Å². The number of nitrogens with zero attached hydrogens (tertiary/aromatic N) is 2. The lowest BCUT2D eigenvalue weighted by atomic mass is 9.31. The average Bonchev–Trinajstić information content (AvgIpc) is 3.57. The summed E-state index contributed by atoms with van der Waals surface area (Å²) >= 11 is 0. The second kappa shape index (κ2) is 12.2. The summed E-state index contributed by atoms with van der Waals surface area (Å²) in [6.45, 7) is 11.5. The molecule has 8 bridgehead atoms. The van der Waals surface area contributed by atoms with Crippen LogP contribution in [-0.2, 0) is 26.3 Å². The molecule has 4 fully saturated rings. The fourth-order valence-electron chi connectivity index (χ4n) is 13.0. The van der Waals surface area contributed by atoms with Gasteiger partial charge >= 0.3 is 11.9 Å². The molecule has 8 heterocycles. The SMILES string of the molecule is CCC[C@@H]1C/C(O)=C2/OC(=O)[C@@]34C=C(CC[C@@]23[C@]2(OC(=O)c3c(CCCN)cccc32)[C@H]4CCC)[C@H]2C[C@@H](C)CC=C2N2C[C@H]3C[C@@H](C2)CN1C3. The number of ether oxygens (including phenoxy) is 2. The third-order valence-electron chi connectivity index (χ3n) is 14.7. The first-order chi connectivity index (χ1) is 24.7. The number of hydrogen-bond donors (Lipinski definition) is 2. The van der Waals surface area contributed by atoms with E-state index in [1.54, 1.807) is 0 Å². The van der Waals surface area contributed by atoms with Crippen LogP contribution in [0, 0.1) is 40.4 Å². The van der Waals surface area contributed by atoms with E-state index in [-0.39, 0.29) is 35.6 Å². The smallest absolute Gasteiger partial charge is 0.339 e. The lowest BCUT2D eigenvalue weighted by Gasteiger charge is -2.69. The Kier molecular flexibility index (Phi) is 8.08. The number of carbonyl (C=O) groups is 2. The molecule has 8 aliphatic heterocycles. The Labute approximate surface area is 303 Å². The van der Waals surface area contributed by atoms with E-state index in [4.69, 9.17) is 15.2 Å². The topological polar surface area (TPSA) is 105 Å². The van der Waals surface area contributed by atoms with E-state index < -0.39 is 16.4 Å². The molecule has 10 atom stereocenters. The van der Waals surface area contributed by atoms with Gasteiger partial charge in [0.15, 0.2) is 11.4 Å². The molecule has 12 rings (SSSR count). The molecule has 1 aromatic rings. The summed E-state index contributed by atoms with van der Waals surface area (Å²) in [7, 11) is 0. The standard InChI is InChI=1S/C43H57N3O5/c1-4-8-31-20-35(47)38-42-16-15-30(32-18-26(3)13-14-34(32)46-24-27-19-28(25-46)23-45(31)22-27)21-41(42,40(49)50-38)36(9-5-2)43(42)33-12-6-10-29(11-7-17-44)37(33)39(48)51-43/h6,10,12,14,21,26-28,31-32,36,47H,4-5,7-9,11,13,15-20,22-25,44H2,1-3H3/b38-35-/t26-,27-,28+,31+,32+,36-,41-,42+,43+/m0/s1. The van der Waals surface area contributed by atoms with Crippen molar-refractivity contribution >= 4 is 11.9 Å². The molecule has 0 radical (unpaired) electrons. The van der Waals surface area contributed by atoms with Crippen molar-refractivity contribution in [1.82, 2.24) is 9.80 Å². The van der Waals surface area contributed by atoms with Crippen molar-refractivity contribution in [1.29, 1.82) is 0 Å². The van der Waals surface area contributed by atoms with Crippen LogP contribution in [0.4, 0.5) is 0 Å². The first-order valence-electron chi connectivity index (χ1n) is 20.3. The minimum absolute atomic E-state index is 0.149. The van der Waals surface area contributed by atoms with Crippen molar-refractivity contribution in [2.75, 3.05) is 32.7 Å². The van der Waals surface area contributed by atoms with Crippen LogP contribution in [0.1, 0.15) is 113 Å². The van der Waals surface area contributed by atoms with E-state index >= 15 is 0 Å². The van der Waals surface area contributed by atoms with Crippen molar-refractivity contribution in [3.63, 3.8) is 0 Å². The predicted molar refractivity (Wildman–Crippen MR) is 195 cm³/mol. The Morgan fingerprint density at radius 2 is 1.82 bits per heavy atom. The number of nitrogens with two attached hydrogens (primary N) is 1. The Balaban J connectivity index is 1.29. The van der Waals surface area contributed by atoms with E-state index in [1.165, 1.54) is 17.7 Å². The molecule has 0 aromatic heterocycles. The third kappa shape index (κ3) is 4.44. The summed E-state index contributed by atoms with van der Waals surface area (Å²) < 4.78 is 13.4. The zero-order chi connectivity index (χ0) is 35.3. The first kappa shape index (κ1) is 33.7. The van der Waals surface area contributed by atoms with Crippen molar-refractivity contribution in [3.8, 4) is 0 Å². The van der Waals surface area contributed by atoms with E-state index in [2.05, 4.69) is 48.8 Å². The largest absolute Gasteiger partial charge is 0.509 e. The van der Waals surface area contributed by atoms with E-state index in [1.807, 2.05) is 12.1 Å². The van der Waals surface area contributed by atoms with Crippen LogP contribution in [0.25, 0.3) is 0 Å². The molecular formula is C43H57N3O5. The zero-order valence-corrected chi connectivity index (χ0v) is 30.9. The van der Waals surface area contributed by atoms with Gasteiger partial charge in [-0.15, -0.1) is 0 Å². The van der Waals surface area contributed by atoms with E-state index in [9.17, 15) is 14.7 Å². The van der Waals surface area contributed by atoms with Crippen LogP contribution in [0.2, 0.25) is 0 Å². The molecule has 8 nitrogen and oxygen atoms in total. The van der Waals surface area contributed by atoms with Crippen LogP contribution in [0.15, 0.2) is 53.1 Å². The fourth-order valence-corrected chi connectivity index (χ4v) is 13.0. The van der Waals surface area contributed by atoms with Crippen molar-refractivity contribution in [2.45, 2.75) is 109 Å². The fraction of sp³-hybridized carbons (Fsp3) is 0.674. The van der Waals surface area contributed by atoms with Gasteiger partial charge in [0.05, 0.1) is 11.0 Å². The quantitative estimate of drug-likeness (QED) is 0.229. The second-order valence-electron chi connectivity index (χ2n) is 17.6. The molecule has 3 N–H and O–H groups in total. The van der Waals surface area contributed by atoms with Crippen LogP contribution in [-0.4, -0.2) is 65.6 Å². The maximum absolute atomic E-state index is 15.0. The lowest BCUT2D eigenvalue weighted by Crippen LogP contribution is -2.75. The number of aliphatic hydroxyl groups is 1. The van der Waals surface area contributed by atoms with Gasteiger partial charge in [-0.25, -0.2) is 4.79 Å². The molecular weight excluding hydrogens is 638 g/mol. The van der Waals surface area contributed by atoms with Gasteiger partial charge in [-0.2, -0.15) is 0 Å². The number of rotatable bonds is 7. The molecule has 51 heavy (non-hydrogen) atoms. The van der Waals surface area contributed by atoms with Gasteiger partial charge in [0.1, 0.15) is 11.2 Å². The number of aliphatic hydroxyl groups excluding tert-OH is 1. The molecule has 11 aliphatic rings. The Morgan fingerprint density at radius 3 is 2.57 bits per heavy atom. The summed E-state index contributed by atoms with van der Waals surface area (Å²) in [5.41, 5.74) is 8.09. The number of aryl methyl sites for hydroxylation is 1. The highest BCUT2D eigenvalue weighted by Crippen LogP contribution is 2.85. The zero-order valence-electron chi connectivity index (χ0n) is 30.9. The molecule has 8 heteroatoms. The molecule has 274 valence electrons. The second-order valence-corrected chi connectivity index (χ2v) is 17.6. The summed E-state index contributed by atoms with van der Waals surface area (Å²) in [5, 5.41) is 12.5. The number of fused-ring (bicyclic) bond motifs is 2. The maximum Gasteiger partial charge on any atom is 0.339 e. The lowest BCUT2D eigenvalue weighted by molar-refractivity contribution is -0.272. The first-order valence-corrected chi connectivity index (χ1v) is 20.3. The molecule has 3 saturated heterocycles. The summed E-state index contributed by atoms with van der Waals surface area (Å²) in [6, 6.07) is 6.28. The average molecular weight is 696 g/mol. The minimum Gasteiger partial charge on any atom is -0.509 e. The van der Waals surface area contributed by atoms with E-state index in [0.717, 1.165) is 82.3 Å². The van der Waals surface area contributed by atoms with Gasteiger partial charge in [0.2, 0.25) is 0 Å². The van der Waals surface area contributed by atoms with Crippen LogP contribution in [0.3, 0.4) is 0 Å². The number of esters is 2. The molecule has 0 amide bonds. The molecule has 1 unspecified atom stereocenters. The Hall–Kier alpha value is -3.10. The Bertz CT molecular complexity index is 1720. The molecule has 1 aromatic carbocycles. The number of hydrogen-bond acceptors (Lipinski definition) is 8. The normalized spacial score (nSPS) is 42.0. The van der Waals surface area contributed by atoms with Crippen molar-refractivity contribution in [2.24, 2.45) is 46.2 Å². The number of carbonyl (C=O) groups excluding carboxylic acids is 2. The highest BCUT2D eigenvalue weighted by atomic mass is 16.6. The molecule has 2 spiro atoms. The highest BCUT2D eigenvalue weighted by molar-refractivity contribution is 5.99. The Morgan fingerprint density at radius 1 is 1.04 bits per heavy atom. The van der Waals surface area contributed by atoms with Crippen LogP contribution >= 0.6 is 0 Å². The van der Waals surface area contributed by atoms with Gasteiger partial charge in [-0.05, 0) is 87.6 Å². The van der Waals surface area contributed by atoms with Gasteiger partial charge in [0, 0.05) is 61.7 Å². The monoisotopic (exact) mass is 695 g/mol. The van der Waals surface area contributed by atoms with Crippen molar-refractivity contribution < 1.29 is 24.2 Å². The molecule has 3 aliphatic carbocycles. The third-order valence-corrected chi connectivity index (χ3v) is 14.7. The van der Waals surface area contributed by atoms with Crippen molar-refractivity contribution in [3.05, 3.63) is 69.8 Å². The van der Waals surface area contributed by atoms with Gasteiger partial charge in [0.25, 0.3) is 0 Å². The highest BCUT2D eigenvalue weighted by Gasteiger charge is 2.91. The number of piperidine rings is 2. The number of benzene rings is 1. The maximum atomic E-state index is 15.0. The molecule has 1 saturated carbocycles. The minimum atomic E-state index is -1.10. The summed E-state index contributed by atoms with van der Waals surface area (Å²) in [4.78, 5) is 34.6. The summed E-state index contributed by atoms with van der Waals surface area (Å²) in [5.74, 6) is 1.69. The van der Waals surface area contributed by atoms with Gasteiger partial charge in [-0.1, -0.05) is 69.5 Å². The predicted octanol–water partition coefficient (Wildman–Crippen LogP) is 7.15.